The Morgan fingerprint density at radius 1 is 1.44 bits per heavy atom. The zero-order valence-electron chi connectivity index (χ0n) is 16.2. The van der Waals surface area contributed by atoms with Crippen molar-refractivity contribution in [3.63, 3.8) is 0 Å². The van der Waals surface area contributed by atoms with Crippen LogP contribution in [-0.4, -0.2) is 62.8 Å². The number of aromatic nitrogens is 1. The van der Waals surface area contributed by atoms with Gasteiger partial charge in [0.05, 0.1) is 23.6 Å². The smallest absolute Gasteiger partial charge is 0.475 e. The number of aromatic amines is 1. The summed E-state index contributed by atoms with van der Waals surface area (Å²) in [5.41, 5.74) is 7.26. The van der Waals surface area contributed by atoms with Crippen molar-refractivity contribution in [1.29, 1.82) is 5.26 Å². The van der Waals surface area contributed by atoms with Crippen molar-refractivity contribution in [2.45, 2.75) is 37.3 Å². The number of halogens is 4. The highest BCUT2D eigenvalue weighted by molar-refractivity contribution is 5.87. The van der Waals surface area contributed by atoms with Gasteiger partial charge in [0.1, 0.15) is 12.2 Å². The first-order chi connectivity index (χ1) is 14.8. The van der Waals surface area contributed by atoms with Crippen LogP contribution in [0, 0.1) is 21.4 Å². The van der Waals surface area contributed by atoms with Gasteiger partial charge in [-0.1, -0.05) is 0 Å². The van der Waals surface area contributed by atoms with Crippen LogP contribution in [0.1, 0.15) is 12.0 Å². The van der Waals surface area contributed by atoms with Gasteiger partial charge in [-0.2, -0.15) is 18.4 Å². The zero-order valence-corrected chi connectivity index (χ0v) is 16.2. The maximum atomic E-state index is 13.5. The number of carboxylic acids is 1. The first kappa shape index (κ1) is 24.5. The SMILES string of the molecule is N#C[C@@H]1C[C@H](F)CN1C(=O)C(N)Cc1c[nH]c2ccc([N+](=O)[O-])cc12.O=C(O)C(F)(F)F. The standard InChI is InChI=1S/C16H16FN5O3.C2HF3O2/c17-10-4-12(6-18)21(8-10)16(23)14(19)3-9-7-20-15-2-1-11(22(24)25)5-13(9)15;3-2(4,5)1(6)7/h1-2,5,7,10,12,14,20H,3-4,8,19H2;(H,6,7)/t10-,12-,14?;/m0./s1. The van der Waals surface area contributed by atoms with Gasteiger partial charge in [0.15, 0.2) is 0 Å². The van der Waals surface area contributed by atoms with Crippen LogP contribution in [0.15, 0.2) is 24.4 Å². The number of hydrogen-bond acceptors (Lipinski definition) is 6. The lowest BCUT2D eigenvalue weighted by atomic mass is 10.0. The van der Waals surface area contributed by atoms with E-state index in [0.717, 1.165) is 0 Å². The molecule has 172 valence electrons. The number of rotatable bonds is 4. The van der Waals surface area contributed by atoms with E-state index in [1.54, 1.807) is 12.3 Å². The number of nitrogens with zero attached hydrogens (tertiary/aromatic N) is 3. The number of likely N-dealkylation sites (tertiary alicyclic amines) is 1. The molecule has 1 fully saturated rings. The third kappa shape index (κ3) is 5.70. The van der Waals surface area contributed by atoms with Gasteiger partial charge < -0.3 is 20.7 Å². The molecule has 10 nitrogen and oxygen atoms in total. The number of carbonyl (C=O) groups excluding carboxylic acids is 1. The molecule has 4 N–H and O–H groups in total. The van der Waals surface area contributed by atoms with Gasteiger partial charge >= 0.3 is 12.1 Å². The van der Waals surface area contributed by atoms with E-state index in [4.69, 9.17) is 20.9 Å². The minimum atomic E-state index is -5.08. The van der Waals surface area contributed by atoms with E-state index in [1.807, 2.05) is 6.07 Å². The highest BCUT2D eigenvalue weighted by Gasteiger charge is 2.38. The summed E-state index contributed by atoms with van der Waals surface area (Å²) in [7, 11) is 0. The lowest BCUT2D eigenvalue weighted by molar-refractivity contribution is -0.384. The summed E-state index contributed by atoms with van der Waals surface area (Å²) in [6, 6.07) is 4.54. The van der Waals surface area contributed by atoms with Crippen LogP contribution in [0.3, 0.4) is 0 Å². The first-order valence-electron chi connectivity index (χ1n) is 8.99. The van der Waals surface area contributed by atoms with E-state index >= 15 is 0 Å². The van der Waals surface area contributed by atoms with Crippen molar-refractivity contribution >= 4 is 28.5 Å². The summed E-state index contributed by atoms with van der Waals surface area (Å²) in [4.78, 5) is 35.9. The molecular formula is C18H17F4N5O5. The number of alkyl halides is 4. The number of fused-ring (bicyclic) bond motifs is 1. The fraction of sp³-hybridized carbons (Fsp3) is 0.389. The quantitative estimate of drug-likeness (QED) is 0.357. The molecule has 3 atom stereocenters. The molecule has 0 radical (unpaired) electrons. The van der Waals surface area contributed by atoms with E-state index in [2.05, 4.69) is 4.98 Å². The molecule has 1 aliphatic heterocycles. The molecule has 1 amide bonds. The molecule has 2 heterocycles. The first-order valence-corrected chi connectivity index (χ1v) is 8.99. The number of nitrogens with one attached hydrogen (secondary N) is 1. The fourth-order valence-electron chi connectivity index (χ4n) is 3.14. The van der Waals surface area contributed by atoms with Crippen molar-refractivity contribution in [3.8, 4) is 6.07 Å². The number of carbonyl (C=O) groups is 2. The number of H-pyrrole nitrogens is 1. The number of non-ortho nitro benzene ring substituents is 1. The third-order valence-corrected chi connectivity index (χ3v) is 4.64. The summed E-state index contributed by atoms with van der Waals surface area (Å²) < 4.78 is 45.2. The number of carboxylic acid groups (broad SMARTS) is 1. The molecule has 1 aromatic carbocycles. The molecule has 1 unspecified atom stereocenters. The molecule has 1 saturated heterocycles. The lowest BCUT2D eigenvalue weighted by Crippen LogP contribution is -2.46. The Morgan fingerprint density at radius 3 is 2.59 bits per heavy atom. The molecule has 1 aromatic heterocycles. The summed E-state index contributed by atoms with van der Waals surface area (Å²) in [5.74, 6) is -3.25. The second-order valence-corrected chi connectivity index (χ2v) is 6.88. The van der Waals surface area contributed by atoms with Crippen LogP contribution in [0.4, 0.5) is 23.2 Å². The summed E-state index contributed by atoms with van der Waals surface area (Å²) in [6.45, 7) is -0.135. The molecule has 2 aromatic rings. The number of hydrogen-bond donors (Lipinski definition) is 3. The maximum Gasteiger partial charge on any atom is 0.490 e. The van der Waals surface area contributed by atoms with Crippen LogP contribution in [0.2, 0.25) is 0 Å². The number of nitriles is 1. The molecule has 1 aliphatic rings. The highest BCUT2D eigenvalue weighted by atomic mass is 19.4. The van der Waals surface area contributed by atoms with Gasteiger partial charge in [-0.05, 0) is 18.1 Å². The monoisotopic (exact) mass is 459 g/mol. The van der Waals surface area contributed by atoms with Gasteiger partial charge in [0.25, 0.3) is 5.69 Å². The van der Waals surface area contributed by atoms with Gasteiger partial charge in [-0.25, -0.2) is 9.18 Å². The van der Waals surface area contributed by atoms with Crippen molar-refractivity contribution in [2.75, 3.05) is 6.54 Å². The number of amides is 1. The van der Waals surface area contributed by atoms with Crippen LogP contribution < -0.4 is 5.73 Å². The fourth-order valence-corrected chi connectivity index (χ4v) is 3.14. The molecule has 0 saturated carbocycles. The van der Waals surface area contributed by atoms with E-state index in [-0.39, 0.29) is 25.1 Å². The Morgan fingerprint density at radius 2 is 2.06 bits per heavy atom. The summed E-state index contributed by atoms with van der Waals surface area (Å²) >= 11 is 0. The van der Waals surface area contributed by atoms with E-state index in [9.17, 15) is 32.5 Å². The summed E-state index contributed by atoms with van der Waals surface area (Å²) in [5, 5.41) is 27.7. The molecule has 0 bridgehead atoms. The molecule has 0 aliphatic carbocycles. The maximum absolute atomic E-state index is 13.5. The average Bonchev–Trinajstić information content (AvgIpc) is 3.29. The Bertz CT molecular complexity index is 1060. The number of nitro benzene ring substituents is 1. The van der Waals surface area contributed by atoms with Crippen molar-refractivity contribution in [2.24, 2.45) is 5.73 Å². The summed E-state index contributed by atoms with van der Waals surface area (Å²) in [6.07, 6.45) is -4.54. The van der Waals surface area contributed by atoms with Gasteiger partial charge in [0, 0.05) is 35.7 Å². The van der Waals surface area contributed by atoms with Gasteiger partial charge in [-0.15, -0.1) is 0 Å². The number of benzene rings is 1. The molecule has 3 rings (SSSR count). The predicted molar refractivity (Wildman–Crippen MR) is 101 cm³/mol. The van der Waals surface area contributed by atoms with E-state index in [1.165, 1.54) is 17.0 Å². The lowest BCUT2D eigenvalue weighted by Gasteiger charge is -2.23. The Hall–Kier alpha value is -3.73. The highest BCUT2D eigenvalue weighted by Crippen LogP contribution is 2.26. The van der Waals surface area contributed by atoms with E-state index < -0.39 is 41.2 Å². The van der Waals surface area contributed by atoms with Gasteiger partial charge in [-0.3, -0.25) is 14.9 Å². The predicted octanol–water partition coefficient (Wildman–Crippen LogP) is 2.04. The Labute approximate surface area is 177 Å². The minimum Gasteiger partial charge on any atom is -0.475 e. The normalized spacial score (nSPS) is 19.1. The largest absolute Gasteiger partial charge is 0.490 e. The number of nitrogens with two attached hydrogens (primary N) is 1. The minimum absolute atomic E-state index is 0.00571. The topological polar surface area (TPSA) is 166 Å². The van der Waals surface area contributed by atoms with E-state index in [0.29, 0.717) is 16.5 Å². The van der Waals surface area contributed by atoms with Crippen molar-refractivity contribution in [1.82, 2.24) is 9.88 Å². The second-order valence-electron chi connectivity index (χ2n) is 6.88. The third-order valence-electron chi connectivity index (χ3n) is 4.64. The van der Waals surface area contributed by atoms with Crippen LogP contribution in [-0.2, 0) is 16.0 Å². The Kier molecular flexibility index (Phi) is 7.36. The number of nitro groups is 1. The second kappa shape index (κ2) is 9.60. The van der Waals surface area contributed by atoms with Crippen LogP contribution in [0.25, 0.3) is 10.9 Å². The molecule has 14 heteroatoms. The molecule has 32 heavy (non-hydrogen) atoms. The zero-order chi connectivity index (χ0) is 24.2. The average molecular weight is 459 g/mol. The molecular weight excluding hydrogens is 442 g/mol. The van der Waals surface area contributed by atoms with Gasteiger partial charge in [0.2, 0.25) is 5.91 Å². The van der Waals surface area contributed by atoms with Crippen molar-refractivity contribution in [3.05, 3.63) is 40.1 Å². The van der Waals surface area contributed by atoms with Crippen LogP contribution >= 0.6 is 0 Å². The Balaban J connectivity index is 0.000000451. The van der Waals surface area contributed by atoms with Crippen LogP contribution in [0.5, 0.6) is 0 Å². The molecule has 0 spiro atoms. The number of aliphatic carboxylic acids is 1. The van der Waals surface area contributed by atoms with Crippen molar-refractivity contribution < 1.29 is 37.2 Å².